The zero-order valence-corrected chi connectivity index (χ0v) is 11.4. The zero-order chi connectivity index (χ0) is 11.9. The molecule has 1 atom stereocenters. The Morgan fingerprint density at radius 2 is 1.67 bits per heavy atom. The lowest BCUT2D eigenvalue weighted by molar-refractivity contribution is 0.0333. The van der Waals surface area contributed by atoms with Gasteiger partial charge in [-0.05, 0) is 53.0 Å². The largest absolute Gasteiger partial charge is 0.378 e. The summed E-state index contributed by atoms with van der Waals surface area (Å²) in [6.45, 7) is 15.1. The molecule has 0 rings (SSSR count). The first kappa shape index (κ1) is 14.9. The zero-order valence-electron chi connectivity index (χ0n) is 11.4. The molecule has 0 aromatic carbocycles. The lowest BCUT2D eigenvalue weighted by Crippen LogP contribution is -2.36. The van der Waals surface area contributed by atoms with E-state index in [0.29, 0.717) is 12.0 Å². The van der Waals surface area contributed by atoms with Gasteiger partial charge in [0.25, 0.3) is 0 Å². The highest BCUT2D eigenvalue weighted by atomic mass is 16.5. The summed E-state index contributed by atoms with van der Waals surface area (Å²) < 4.78 is 5.71. The summed E-state index contributed by atoms with van der Waals surface area (Å²) in [6, 6.07) is 0. The summed E-state index contributed by atoms with van der Waals surface area (Å²) in [6.07, 6.45) is 2.74. The fraction of sp³-hybridized carbons (Fsp3) is 1.00. The molecule has 0 fully saturated rings. The van der Waals surface area contributed by atoms with Gasteiger partial charge in [-0.25, -0.2) is 0 Å². The number of hydrogen-bond acceptors (Lipinski definition) is 2. The average molecular weight is 215 g/mol. The minimum atomic E-state index is 0.242. The van der Waals surface area contributed by atoms with Gasteiger partial charge in [-0.1, -0.05) is 13.8 Å². The fourth-order valence-corrected chi connectivity index (χ4v) is 1.15. The standard InChI is InChI=1S/C13H29NO/c1-11(2)12(3)15-10-8-7-9-14-13(4,5)6/h11-12,14H,7-10H2,1-6H3. The van der Waals surface area contributed by atoms with Crippen LogP contribution in [0.25, 0.3) is 0 Å². The summed E-state index contributed by atoms with van der Waals surface area (Å²) in [4.78, 5) is 0. The molecule has 0 aromatic rings. The number of unbranched alkanes of at least 4 members (excludes halogenated alkanes) is 1. The predicted molar refractivity (Wildman–Crippen MR) is 67.2 cm³/mol. The molecule has 0 spiro atoms. The van der Waals surface area contributed by atoms with Gasteiger partial charge in [0.1, 0.15) is 0 Å². The minimum absolute atomic E-state index is 0.242. The first-order valence-electron chi connectivity index (χ1n) is 6.19. The molecule has 0 aromatic heterocycles. The van der Waals surface area contributed by atoms with Crippen molar-refractivity contribution in [3.63, 3.8) is 0 Å². The Balaban J connectivity index is 3.26. The second kappa shape index (κ2) is 7.24. The second-order valence-corrected chi connectivity index (χ2v) is 5.70. The van der Waals surface area contributed by atoms with Crippen molar-refractivity contribution in [2.24, 2.45) is 5.92 Å². The van der Waals surface area contributed by atoms with Crippen molar-refractivity contribution in [3.05, 3.63) is 0 Å². The SMILES string of the molecule is CC(C)C(C)OCCCCNC(C)(C)C. The molecule has 0 saturated carbocycles. The molecule has 0 bridgehead atoms. The monoisotopic (exact) mass is 215 g/mol. The van der Waals surface area contributed by atoms with E-state index in [1.165, 1.54) is 6.42 Å². The normalized spacial score (nSPS) is 14.6. The third kappa shape index (κ3) is 10.2. The van der Waals surface area contributed by atoms with Crippen LogP contribution in [0.3, 0.4) is 0 Å². The predicted octanol–water partition coefficient (Wildman–Crippen LogP) is 3.22. The van der Waals surface area contributed by atoms with Crippen molar-refractivity contribution < 1.29 is 4.74 Å². The van der Waals surface area contributed by atoms with Crippen molar-refractivity contribution in [2.45, 2.75) is 66.0 Å². The molecule has 1 N–H and O–H groups in total. The molecule has 0 aliphatic heterocycles. The molecule has 0 saturated heterocycles. The van der Waals surface area contributed by atoms with Gasteiger partial charge in [0.15, 0.2) is 0 Å². The van der Waals surface area contributed by atoms with Crippen molar-refractivity contribution in [2.75, 3.05) is 13.2 Å². The molecule has 1 unspecified atom stereocenters. The van der Waals surface area contributed by atoms with E-state index in [1.54, 1.807) is 0 Å². The lowest BCUT2D eigenvalue weighted by Gasteiger charge is -2.20. The van der Waals surface area contributed by atoms with E-state index in [-0.39, 0.29) is 5.54 Å². The Morgan fingerprint density at radius 3 is 2.13 bits per heavy atom. The van der Waals surface area contributed by atoms with Gasteiger partial charge in [-0.2, -0.15) is 0 Å². The van der Waals surface area contributed by atoms with Crippen LogP contribution in [0.15, 0.2) is 0 Å². The van der Waals surface area contributed by atoms with Gasteiger partial charge < -0.3 is 10.1 Å². The Bertz CT molecular complexity index is 149. The van der Waals surface area contributed by atoms with Crippen LogP contribution >= 0.6 is 0 Å². The van der Waals surface area contributed by atoms with Gasteiger partial charge in [0, 0.05) is 12.1 Å². The summed E-state index contributed by atoms with van der Waals surface area (Å²) in [7, 11) is 0. The number of hydrogen-bond donors (Lipinski definition) is 1. The van der Waals surface area contributed by atoms with Crippen LogP contribution < -0.4 is 5.32 Å². The lowest BCUT2D eigenvalue weighted by atomic mass is 10.1. The molecular weight excluding hydrogens is 186 g/mol. The molecule has 0 amide bonds. The van der Waals surface area contributed by atoms with E-state index < -0.39 is 0 Å². The number of ether oxygens (including phenoxy) is 1. The van der Waals surface area contributed by atoms with Crippen LogP contribution in [-0.2, 0) is 4.74 Å². The molecule has 15 heavy (non-hydrogen) atoms. The van der Waals surface area contributed by atoms with Crippen molar-refractivity contribution in [1.29, 1.82) is 0 Å². The van der Waals surface area contributed by atoms with Gasteiger partial charge in [-0.15, -0.1) is 0 Å². The van der Waals surface area contributed by atoms with Crippen LogP contribution in [-0.4, -0.2) is 24.8 Å². The topological polar surface area (TPSA) is 21.3 Å². The minimum Gasteiger partial charge on any atom is -0.378 e. The van der Waals surface area contributed by atoms with E-state index in [0.717, 1.165) is 19.6 Å². The van der Waals surface area contributed by atoms with E-state index in [9.17, 15) is 0 Å². The van der Waals surface area contributed by atoms with Crippen LogP contribution in [0.5, 0.6) is 0 Å². The Labute approximate surface area is 95.8 Å². The van der Waals surface area contributed by atoms with Gasteiger partial charge in [-0.3, -0.25) is 0 Å². The van der Waals surface area contributed by atoms with Gasteiger partial charge in [0.2, 0.25) is 0 Å². The molecule has 0 heterocycles. The third-order valence-corrected chi connectivity index (χ3v) is 2.55. The molecule has 0 aliphatic carbocycles. The van der Waals surface area contributed by atoms with Crippen molar-refractivity contribution in [3.8, 4) is 0 Å². The molecule has 2 heteroatoms. The first-order valence-corrected chi connectivity index (χ1v) is 6.19. The highest BCUT2D eigenvalue weighted by molar-refractivity contribution is 4.69. The van der Waals surface area contributed by atoms with Crippen LogP contribution in [0.4, 0.5) is 0 Å². The second-order valence-electron chi connectivity index (χ2n) is 5.70. The van der Waals surface area contributed by atoms with E-state index in [2.05, 4.69) is 46.9 Å². The van der Waals surface area contributed by atoms with E-state index in [1.807, 2.05) is 0 Å². The molecule has 2 nitrogen and oxygen atoms in total. The van der Waals surface area contributed by atoms with Crippen LogP contribution in [0.2, 0.25) is 0 Å². The Kier molecular flexibility index (Phi) is 7.20. The summed E-state index contributed by atoms with van der Waals surface area (Å²) in [5.41, 5.74) is 0.242. The first-order chi connectivity index (χ1) is 6.83. The van der Waals surface area contributed by atoms with Crippen LogP contribution in [0, 0.1) is 5.92 Å². The van der Waals surface area contributed by atoms with Crippen LogP contribution in [0.1, 0.15) is 54.4 Å². The summed E-state index contributed by atoms with van der Waals surface area (Å²) in [5.74, 6) is 0.623. The van der Waals surface area contributed by atoms with Gasteiger partial charge >= 0.3 is 0 Å². The molecular formula is C13H29NO. The van der Waals surface area contributed by atoms with Crippen molar-refractivity contribution >= 4 is 0 Å². The fourth-order valence-electron chi connectivity index (χ4n) is 1.15. The Hall–Kier alpha value is -0.0800. The highest BCUT2D eigenvalue weighted by Crippen LogP contribution is 2.06. The van der Waals surface area contributed by atoms with E-state index >= 15 is 0 Å². The van der Waals surface area contributed by atoms with E-state index in [4.69, 9.17) is 4.74 Å². The third-order valence-electron chi connectivity index (χ3n) is 2.55. The Morgan fingerprint density at radius 1 is 1.07 bits per heavy atom. The average Bonchev–Trinajstić information content (AvgIpc) is 2.08. The quantitative estimate of drug-likeness (QED) is 0.658. The maximum absolute atomic E-state index is 5.71. The smallest absolute Gasteiger partial charge is 0.0569 e. The summed E-state index contributed by atoms with van der Waals surface area (Å²) >= 11 is 0. The van der Waals surface area contributed by atoms with Crippen molar-refractivity contribution in [1.82, 2.24) is 5.32 Å². The number of rotatable bonds is 7. The molecule has 92 valence electrons. The van der Waals surface area contributed by atoms with Gasteiger partial charge in [0.05, 0.1) is 6.10 Å². The molecule has 0 aliphatic rings. The maximum atomic E-state index is 5.71. The molecule has 0 radical (unpaired) electrons. The maximum Gasteiger partial charge on any atom is 0.0569 e. The number of nitrogens with one attached hydrogen (secondary N) is 1. The summed E-state index contributed by atoms with van der Waals surface area (Å²) in [5, 5.41) is 3.48. The highest BCUT2D eigenvalue weighted by Gasteiger charge is 2.08.